The first-order chi connectivity index (χ1) is 15.5. The molecule has 5 N–H and O–H groups in total. The van der Waals surface area contributed by atoms with Gasteiger partial charge in [-0.2, -0.15) is 0 Å². The van der Waals surface area contributed by atoms with E-state index in [4.69, 9.17) is 25.4 Å². The molecule has 9 nitrogen and oxygen atoms in total. The van der Waals surface area contributed by atoms with Crippen LogP contribution in [-0.4, -0.2) is 49.9 Å². The molecule has 2 heterocycles. The van der Waals surface area contributed by atoms with Crippen LogP contribution in [0.3, 0.4) is 0 Å². The molecule has 1 aliphatic heterocycles. The van der Waals surface area contributed by atoms with Gasteiger partial charge in [0.05, 0.1) is 24.8 Å². The van der Waals surface area contributed by atoms with Crippen molar-refractivity contribution in [3.05, 3.63) is 53.7 Å². The van der Waals surface area contributed by atoms with E-state index in [0.717, 1.165) is 12.0 Å². The van der Waals surface area contributed by atoms with Crippen molar-refractivity contribution in [3.8, 4) is 0 Å². The molecule has 1 aromatic heterocycles. The van der Waals surface area contributed by atoms with Crippen LogP contribution in [0, 0.1) is 11.3 Å². The third-order valence-electron chi connectivity index (χ3n) is 5.37. The number of pyridine rings is 1. The lowest BCUT2D eigenvalue weighted by Gasteiger charge is -2.29. The summed E-state index contributed by atoms with van der Waals surface area (Å²) in [7, 11) is 1.63. The zero-order chi connectivity index (χ0) is 22.9. The Labute approximate surface area is 192 Å². The van der Waals surface area contributed by atoms with Crippen LogP contribution in [0.15, 0.2) is 42.6 Å². The van der Waals surface area contributed by atoms with Gasteiger partial charge in [-0.25, -0.2) is 9.78 Å². The quantitative estimate of drug-likeness (QED) is 0.356. The zero-order valence-corrected chi connectivity index (χ0v) is 18.5. The van der Waals surface area contributed by atoms with Crippen LogP contribution < -0.4 is 16.4 Å². The third-order valence-corrected chi connectivity index (χ3v) is 5.37. The van der Waals surface area contributed by atoms with Crippen LogP contribution in [0.25, 0.3) is 0 Å². The molecule has 3 atom stereocenters. The number of nitrogen functional groups attached to an aromatic ring is 1. The minimum atomic E-state index is -0.406. The molecule has 2 unspecified atom stereocenters. The van der Waals surface area contributed by atoms with E-state index in [9.17, 15) is 4.79 Å². The average molecular weight is 448 g/mol. The number of hydrogen-bond donors (Lipinski definition) is 4. The fraction of sp³-hybridized carbons (Fsp3) is 0.435. The van der Waals surface area contributed by atoms with Gasteiger partial charge in [-0.1, -0.05) is 37.3 Å². The molecule has 32 heavy (non-hydrogen) atoms. The molecular formula is C23H37N5O4. The lowest BCUT2D eigenvalue weighted by atomic mass is 10.0. The highest BCUT2D eigenvalue weighted by molar-refractivity contribution is 5.98. The number of benzene rings is 1. The van der Waals surface area contributed by atoms with Crippen molar-refractivity contribution in [1.29, 1.82) is 5.41 Å². The SMILES string of the molecule is COCC[C@@H](NC(=O)Nc1cc(N)c(C(=N)OC2CCOCC2C)cn1)c1ccccc1.[HH].[HH].[HH]. The van der Waals surface area contributed by atoms with Crippen LogP contribution in [-0.2, 0) is 14.2 Å². The van der Waals surface area contributed by atoms with E-state index in [-0.39, 0.29) is 34.1 Å². The lowest BCUT2D eigenvalue weighted by Crippen LogP contribution is -2.34. The first-order valence-electron chi connectivity index (χ1n) is 10.7. The van der Waals surface area contributed by atoms with Gasteiger partial charge in [-0.3, -0.25) is 10.7 Å². The number of nitrogens with one attached hydrogen (secondary N) is 3. The topological polar surface area (TPSA) is 132 Å². The summed E-state index contributed by atoms with van der Waals surface area (Å²) in [5.41, 5.74) is 7.79. The van der Waals surface area contributed by atoms with E-state index in [1.54, 1.807) is 7.11 Å². The van der Waals surface area contributed by atoms with Gasteiger partial charge in [0.2, 0.25) is 5.90 Å². The van der Waals surface area contributed by atoms with Gasteiger partial charge in [0, 0.05) is 48.3 Å². The number of carbonyl (C=O) groups excluding carboxylic acids is 1. The number of ether oxygens (including phenoxy) is 3. The number of carbonyl (C=O) groups is 1. The third kappa shape index (κ3) is 6.41. The number of urea groups is 1. The summed E-state index contributed by atoms with van der Waals surface area (Å²) in [6.45, 7) is 3.76. The average Bonchev–Trinajstić information content (AvgIpc) is 2.78. The molecule has 3 rings (SSSR count). The monoisotopic (exact) mass is 447 g/mol. The van der Waals surface area contributed by atoms with Gasteiger partial charge in [-0.05, 0) is 12.0 Å². The Morgan fingerprint density at radius 1 is 1.41 bits per heavy atom. The van der Waals surface area contributed by atoms with Crippen molar-refractivity contribution in [2.24, 2.45) is 5.92 Å². The number of hydrogen-bond acceptors (Lipinski definition) is 7. The van der Waals surface area contributed by atoms with Gasteiger partial charge < -0.3 is 25.3 Å². The Hall–Kier alpha value is -3.17. The number of nitrogens with zero attached hydrogens (tertiary/aromatic N) is 1. The van der Waals surface area contributed by atoms with Gasteiger partial charge in [0.1, 0.15) is 11.9 Å². The van der Waals surface area contributed by atoms with Crippen LogP contribution in [0.5, 0.6) is 0 Å². The van der Waals surface area contributed by atoms with Crippen LogP contribution >= 0.6 is 0 Å². The standard InChI is InChI=1S/C23H31N5O4.3H2/c1-15-14-31-11-9-20(15)32-22(25)17-13-26-21(12-18(17)24)28-23(29)27-19(8-10-30-2)16-6-4-3-5-7-16;;;/h3-7,12-13,15,19-20,25H,8-11,14H2,1-2H3,(H4,24,26,27,28,29);3*1H/t15?,19-,20?;;;/m1.../s1. The second-order valence-electron chi connectivity index (χ2n) is 7.83. The van der Waals surface area contributed by atoms with E-state index < -0.39 is 6.03 Å². The fourth-order valence-electron chi connectivity index (χ4n) is 3.53. The zero-order valence-electron chi connectivity index (χ0n) is 18.5. The molecule has 2 aromatic rings. The Balaban J connectivity index is 0.00000385. The molecule has 1 aliphatic rings. The molecule has 0 radical (unpaired) electrons. The van der Waals surface area contributed by atoms with Crippen molar-refractivity contribution in [1.82, 2.24) is 10.3 Å². The second kappa shape index (κ2) is 11.4. The molecule has 0 aliphatic carbocycles. The number of methoxy groups -OCH3 is 1. The number of anilines is 2. The summed E-state index contributed by atoms with van der Waals surface area (Å²) in [6.07, 6.45) is 2.70. The highest BCUT2D eigenvalue weighted by Crippen LogP contribution is 2.22. The van der Waals surface area contributed by atoms with E-state index in [2.05, 4.69) is 15.6 Å². The first kappa shape index (κ1) is 23.5. The maximum absolute atomic E-state index is 12.6. The lowest BCUT2D eigenvalue weighted by molar-refractivity contribution is -0.0217. The van der Waals surface area contributed by atoms with Crippen LogP contribution in [0.4, 0.5) is 16.3 Å². The first-order valence-corrected chi connectivity index (χ1v) is 10.7. The van der Waals surface area contributed by atoms with Crippen molar-refractivity contribution in [3.63, 3.8) is 0 Å². The molecule has 0 saturated carbocycles. The maximum Gasteiger partial charge on any atom is 0.320 e. The highest BCUT2D eigenvalue weighted by Gasteiger charge is 2.25. The summed E-state index contributed by atoms with van der Waals surface area (Å²) in [5, 5.41) is 13.9. The highest BCUT2D eigenvalue weighted by atomic mass is 16.5. The number of aromatic nitrogens is 1. The van der Waals surface area contributed by atoms with E-state index >= 15 is 0 Å². The fourth-order valence-corrected chi connectivity index (χ4v) is 3.53. The molecule has 9 heteroatoms. The predicted octanol–water partition coefficient (Wildman–Crippen LogP) is 4.07. The summed E-state index contributed by atoms with van der Waals surface area (Å²) < 4.78 is 16.4. The number of nitrogens with two attached hydrogens (primary N) is 1. The summed E-state index contributed by atoms with van der Waals surface area (Å²) in [5.74, 6) is 0.446. The van der Waals surface area contributed by atoms with Crippen molar-refractivity contribution in [2.45, 2.75) is 31.9 Å². The van der Waals surface area contributed by atoms with Gasteiger partial charge in [-0.15, -0.1) is 0 Å². The van der Waals surface area contributed by atoms with E-state index in [0.29, 0.717) is 37.5 Å². The molecule has 178 valence electrons. The van der Waals surface area contributed by atoms with Crippen molar-refractivity contribution < 1.29 is 23.3 Å². The second-order valence-corrected chi connectivity index (χ2v) is 7.83. The van der Waals surface area contributed by atoms with Gasteiger partial charge in [0.15, 0.2) is 0 Å². The summed E-state index contributed by atoms with van der Waals surface area (Å²) in [6, 6.07) is 10.6. The smallest absolute Gasteiger partial charge is 0.320 e. The van der Waals surface area contributed by atoms with Crippen LogP contribution in [0.1, 0.15) is 41.2 Å². The van der Waals surface area contributed by atoms with Crippen LogP contribution in [0.2, 0.25) is 0 Å². The molecule has 2 amide bonds. The minimum absolute atomic E-state index is 0. The molecule has 0 bridgehead atoms. The van der Waals surface area contributed by atoms with Gasteiger partial charge >= 0.3 is 6.03 Å². The maximum atomic E-state index is 12.6. The van der Waals surface area contributed by atoms with Crippen molar-refractivity contribution >= 4 is 23.4 Å². The summed E-state index contributed by atoms with van der Waals surface area (Å²) in [4.78, 5) is 16.8. The molecule has 1 aromatic carbocycles. The Kier molecular flexibility index (Phi) is 8.41. The predicted molar refractivity (Wildman–Crippen MR) is 129 cm³/mol. The molecule has 1 fully saturated rings. The Morgan fingerprint density at radius 2 is 2.19 bits per heavy atom. The largest absolute Gasteiger partial charge is 0.474 e. The minimum Gasteiger partial charge on any atom is -0.474 e. The Bertz CT molecular complexity index is 923. The molecule has 0 spiro atoms. The summed E-state index contributed by atoms with van der Waals surface area (Å²) >= 11 is 0. The Morgan fingerprint density at radius 3 is 2.88 bits per heavy atom. The normalized spacial score (nSPS) is 19.1. The van der Waals surface area contributed by atoms with Crippen molar-refractivity contribution in [2.75, 3.05) is 38.0 Å². The van der Waals surface area contributed by atoms with E-state index in [1.165, 1.54) is 12.3 Å². The molecular weight excluding hydrogens is 410 g/mol. The van der Waals surface area contributed by atoms with Gasteiger partial charge in [0.25, 0.3) is 0 Å². The molecule has 1 saturated heterocycles. The number of amides is 2. The van der Waals surface area contributed by atoms with E-state index in [1.807, 2.05) is 37.3 Å². The number of rotatable bonds is 8.